The number of anilines is 1. The van der Waals surface area contributed by atoms with Crippen LogP contribution < -0.4 is 20.3 Å². The fraction of sp³-hybridized carbons (Fsp3) is 0.429. The number of halogens is 3. The van der Waals surface area contributed by atoms with E-state index in [0.717, 1.165) is 41.4 Å². The maximum Gasteiger partial charge on any atom is 0.419 e. The number of nitrogens with one attached hydrogen (secondary N) is 2. The molecule has 13 nitrogen and oxygen atoms in total. The van der Waals surface area contributed by atoms with E-state index < -0.39 is 23.1 Å². The highest BCUT2D eigenvalue weighted by molar-refractivity contribution is 8.04. The van der Waals surface area contributed by atoms with E-state index in [1.165, 1.54) is 37.3 Å². The van der Waals surface area contributed by atoms with Crippen LogP contribution in [-0.4, -0.2) is 87.1 Å². The van der Waals surface area contributed by atoms with Crippen LogP contribution in [0.4, 0.5) is 19.0 Å². The zero-order valence-electron chi connectivity index (χ0n) is 28.6. The van der Waals surface area contributed by atoms with Gasteiger partial charge >= 0.3 is 12.1 Å². The van der Waals surface area contributed by atoms with Crippen molar-refractivity contribution in [1.82, 2.24) is 40.5 Å². The van der Waals surface area contributed by atoms with Crippen molar-refractivity contribution in [3.8, 4) is 5.75 Å². The number of carbonyl (C=O) groups excluding carboxylic acids is 2. The van der Waals surface area contributed by atoms with Crippen molar-refractivity contribution in [1.29, 1.82) is 0 Å². The molecule has 17 heteroatoms. The van der Waals surface area contributed by atoms with E-state index in [1.807, 2.05) is 33.8 Å². The summed E-state index contributed by atoms with van der Waals surface area (Å²) in [4.78, 5) is 39.4. The standard InChI is InChI=1S/C35H38F3N9O4S/c1-3-51-33(49)21-12-15-45(16-13-21)29-19-39-25(18-40-29)32(48)42-34-41-31(22-10-11-27(50-2)23(17-22)35(36,37)38)28(52-34)20-46-14-6-9-30(46)47-26-8-5-4-7-24(26)43-44-47/h4-5,7-8,10-11,17-19,21,30,34,41H,3,6,9,12-16,20H2,1-2H3,(H,42,48). The number of amides is 1. The van der Waals surface area contributed by atoms with Crippen molar-refractivity contribution in [2.24, 2.45) is 5.92 Å². The zero-order valence-corrected chi connectivity index (χ0v) is 29.4. The minimum atomic E-state index is -4.64. The quantitative estimate of drug-likeness (QED) is 0.211. The lowest BCUT2D eigenvalue weighted by atomic mass is 9.97. The molecule has 7 rings (SSSR count). The molecule has 5 heterocycles. The Kier molecular flexibility index (Phi) is 10.2. The van der Waals surface area contributed by atoms with Crippen LogP contribution in [0.1, 0.15) is 60.4 Å². The van der Waals surface area contributed by atoms with Crippen LogP contribution in [0.5, 0.6) is 5.75 Å². The van der Waals surface area contributed by atoms with Crippen molar-refractivity contribution < 1.29 is 32.2 Å². The van der Waals surface area contributed by atoms with Gasteiger partial charge in [0.2, 0.25) is 0 Å². The molecule has 4 aromatic rings. The topological polar surface area (TPSA) is 140 Å². The first kappa shape index (κ1) is 35.5. The Morgan fingerprint density at radius 3 is 2.60 bits per heavy atom. The molecule has 2 fully saturated rings. The number of piperidine rings is 1. The van der Waals surface area contributed by atoms with Crippen LogP contribution in [0.2, 0.25) is 0 Å². The first-order valence-electron chi connectivity index (χ1n) is 17.1. The predicted molar refractivity (Wildman–Crippen MR) is 188 cm³/mol. The Hall–Kier alpha value is -4.90. The van der Waals surface area contributed by atoms with Crippen LogP contribution in [0, 0.1) is 5.92 Å². The number of nitrogens with zero attached hydrogens (tertiary/aromatic N) is 7. The number of alkyl halides is 3. The van der Waals surface area contributed by atoms with Crippen molar-refractivity contribution >= 4 is 46.2 Å². The molecule has 2 saturated heterocycles. The van der Waals surface area contributed by atoms with Gasteiger partial charge in [-0.15, -0.1) is 5.10 Å². The molecule has 3 aliphatic heterocycles. The second-order valence-corrected chi connectivity index (χ2v) is 13.9. The lowest BCUT2D eigenvalue weighted by Gasteiger charge is -2.31. The number of methoxy groups -OCH3 is 1. The van der Waals surface area contributed by atoms with Gasteiger partial charge in [-0.2, -0.15) is 13.2 Å². The van der Waals surface area contributed by atoms with E-state index in [2.05, 4.69) is 35.8 Å². The first-order chi connectivity index (χ1) is 25.1. The molecule has 0 saturated carbocycles. The molecule has 3 aliphatic rings. The molecular weight excluding hydrogens is 700 g/mol. The Morgan fingerprint density at radius 1 is 1.06 bits per heavy atom. The fourth-order valence-electron chi connectivity index (χ4n) is 6.91. The zero-order chi connectivity index (χ0) is 36.4. The summed E-state index contributed by atoms with van der Waals surface area (Å²) in [6, 6.07) is 11.7. The van der Waals surface area contributed by atoms with E-state index in [1.54, 1.807) is 13.0 Å². The van der Waals surface area contributed by atoms with Gasteiger partial charge < -0.3 is 25.0 Å². The number of thioether (sulfide) groups is 1. The van der Waals surface area contributed by atoms with Crippen LogP contribution >= 0.6 is 11.8 Å². The number of fused-ring (bicyclic) bond motifs is 1. The number of carbonyl (C=O) groups is 2. The molecular formula is C35H38F3N9O4S. The monoisotopic (exact) mass is 737 g/mol. The van der Waals surface area contributed by atoms with E-state index in [4.69, 9.17) is 9.47 Å². The number of ether oxygens (including phenoxy) is 2. The molecule has 2 aromatic heterocycles. The van der Waals surface area contributed by atoms with Gasteiger partial charge in [-0.3, -0.25) is 14.5 Å². The van der Waals surface area contributed by atoms with Crippen molar-refractivity contribution in [2.75, 3.05) is 44.8 Å². The van der Waals surface area contributed by atoms with Gasteiger partial charge in [0.25, 0.3) is 5.91 Å². The summed E-state index contributed by atoms with van der Waals surface area (Å²) in [5.41, 5.74) is 0.952. The maximum atomic E-state index is 14.1. The molecule has 2 N–H and O–H groups in total. The number of rotatable bonds is 10. The minimum absolute atomic E-state index is 0.0871. The Balaban J connectivity index is 1.09. The number of esters is 1. The van der Waals surface area contributed by atoms with E-state index >= 15 is 0 Å². The Morgan fingerprint density at radius 2 is 1.87 bits per heavy atom. The number of para-hydroxylation sites is 1. The average Bonchev–Trinajstić information content (AvgIpc) is 3.90. The number of benzene rings is 2. The minimum Gasteiger partial charge on any atom is -0.496 e. The molecule has 0 spiro atoms. The number of hydrogen-bond acceptors (Lipinski definition) is 12. The third kappa shape index (κ3) is 7.37. The first-order valence-corrected chi connectivity index (χ1v) is 18.0. The molecule has 0 bridgehead atoms. The van der Waals surface area contributed by atoms with Gasteiger partial charge in [0.15, 0.2) is 5.50 Å². The van der Waals surface area contributed by atoms with Gasteiger partial charge in [0, 0.05) is 31.1 Å². The third-order valence-electron chi connectivity index (χ3n) is 9.52. The Bertz CT molecular complexity index is 1960. The molecule has 2 aromatic carbocycles. The molecule has 2 unspecified atom stereocenters. The molecule has 0 radical (unpaired) electrons. The van der Waals surface area contributed by atoms with Gasteiger partial charge in [-0.25, -0.2) is 14.6 Å². The molecule has 0 aliphatic carbocycles. The highest BCUT2D eigenvalue weighted by atomic mass is 32.2. The van der Waals surface area contributed by atoms with E-state index in [9.17, 15) is 22.8 Å². The fourth-order valence-corrected chi connectivity index (χ4v) is 8.08. The van der Waals surface area contributed by atoms with Gasteiger partial charge in [-0.1, -0.05) is 29.1 Å². The van der Waals surface area contributed by atoms with Crippen LogP contribution in [0.25, 0.3) is 16.7 Å². The summed E-state index contributed by atoms with van der Waals surface area (Å²) in [6.45, 7) is 4.49. The lowest BCUT2D eigenvalue weighted by Crippen LogP contribution is -2.40. The second kappa shape index (κ2) is 15.0. The van der Waals surface area contributed by atoms with E-state index in [0.29, 0.717) is 56.2 Å². The number of aromatic nitrogens is 5. The third-order valence-corrected chi connectivity index (χ3v) is 10.6. The molecule has 52 heavy (non-hydrogen) atoms. The SMILES string of the molecule is CCOC(=O)C1CCN(c2cnc(C(=O)NC3NC(c4ccc(OC)c(C(F)(F)F)c4)=C(CN4CCCC4n4nnc5ccccc54)S3)cn2)CC1. The Labute approximate surface area is 301 Å². The highest BCUT2D eigenvalue weighted by Crippen LogP contribution is 2.42. The van der Waals surface area contributed by atoms with Crippen LogP contribution in [0.3, 0.4) is 0 Å². The summed E-state index contributed by atoms with van der Waals surface area (Å²) in [5.74, 6) is -0.512. The number of likely N-dealkylation sites (tertiary alicyclic amines) is 1. The number of hydrogen-bond donors (Lipinski definition) is 2. The smallest absolute Gasteiger partial charge is 0.419 e. The van der Waals surface area contributed by atoms with Gasteiger partial charge in [-0.05, 0) is 68.5 Å². The van der Waals surface area contributed by atoms with Crippen molar-refractivity contribution in [2.45, 2.75) is 50.4 Å². The van der Waals surface area contributed by atoms with Gasteiger partial charge in [0.1, 0.15) is 28.9 Å². The summed E-state index contributed by atoms with van der Waals surface area (Å²) in [5, 5.41) is 14.9. The molecule has 274 valence electrons. The average molecular weight is 738 g/mol. The maximum absolute atomic E-state index is 14.1. The summed E-state index contributed by atoms with van der Waals surface area (Å²) in [7, 11) is 1.20. The normalized spacial score (nSPS) is 20.0. The van der Waals surface area contributed by atoms with Crippen LogP contribution in [-0.2, 0) is 15.7 Å². The van der Waals surface area contributed by atoms with E-state index in [-0.39, 0.29) is 29.5 Å². The van der Waals surface area contributed by atoms with Crippen LogP contribution in [0.15, 0.2) is 59.8 Å². The van der Waals surface area contributed by atoms with Gasteiger partial charge in [0.05, 0.1) is 48.8 Å². The van der Waals surface area contributed by atoms with Crippen molar-refractivity contribution in [3.63, 3.8) is 0 Å². The molecule has 1 amide bonds. The summed E-state index contributed by atoms with van der Waals surface area (Å²) in [6.07, 6.45) is 1.17. The largest absolute Gasteiger partial charge is 0.496 e. The highest BCUT2D eigenvalue weighted by Gasteiger charge is 2.37. The summed E-state index contributed by atoms with van der Waals surface area (Å²) >= 11 is 1.32. The predicted octanol–water partition coefficient (Wildman–Crippen LogP) is 5.04. The summed E-state index contributed by atoms with van der Waals surface area (Å²) < 4.78 is 54.3. The lowest BCUT2D eigenvalue weighted by molar-refractivity contribution is -0.148. The second-order valence-electron chi connectivity index (χ2n) is 12.7. The van der Waals surface area contributed by atoms with Crippen molar-refractivity contribution in [3.05, 3.63) is 76.6 Å². The molecule has 2 atom stereocenters.